The number of unbranched alkanes of at least 4 members (excludes halogenated alkanes) is 1. The molecule has 0 amide bonds. The molecular formula is C16H30O10. The fourth-order valence-corrected chi connectivity index (χ4v) is 1.90. The van der Waals surface area contributed by atoms with Crippen molar-refractivity contribution in [2.45, 2.75) is 25.7 Å². The van der Waals surface area contributed by atoms with Crippen molar-refractivity contribution in [3.8, 4) is 0 Å². The van der Waals surface area contributed by atoms with Crippen molar-refractivity contribution in [1.82, 2.24) is 0 Å². The molecule has 0 saturated carbocycles. The number of esters is 1. The minimum atomic E-state index is -1.27. The smallest absolute Gasteiger partial charge is 0.305 e. The van der Waals surface area contributed by atoms with Gasteiger partial charge >= 0.3 is 11.9 Å². The lowest BCUT2D eigenvalue weighted by Gasteiger charge is -2.32. The number of carboxylic acid groups (broad SMARTS) is 1. The maximum Gasteiger partial charge on any atom is 0.305 e. The van der Waals surface area contributed by atoms with Crippen LogP contribution in [0.15, 0.2) is 0 Å². The minimum Gasteiger partial charge on any atom is -0.481 e. The van der Waals surface area contributed by atoms with E-state index in [1.165, 1.54) is 0 Å². The Morgan fingerprint density at radius 3 is 1.62 bits per heavy atom. The van der Waals surface area contributed by atoms with Gasteiger partial charge in [0, 0.05) is 12.8 Å². The van der Waals surface area contributed by atoms with Gasteiger partial charge in [0.1, 0.15) is 6.61 Å². The molecule has 26 heavy (non-hydrogen) atoms. The zero-order valence-electron chi connectivity index (χ0n) is 14.8. The molecule has 0 bridgehead atoms. The lowest BCUT2D eigenvalue weighted by Crippen LogP contribution is -2.44. The van der Waals surface area contributed by atoms with Gasteiger partial charge in [0.15, 0.2) is 0 Å². The summed E-state index contributed by atoms with van der Waals surface area (Å²) in [5.74, 6) is -1.53. The Kier molecular flexibility index (Phi) is 12.3. The van der Waals surface area contributed by atoms with Crippen LogP contribution in [0.4, 0.5) is 0 Å². The number of hydrogen-bond donors (Lipinski definition) is 6. The van der Waals surface area contributed by atoms with Crippen LogP contribution in [0.25, 0.3) is 0 Å². The molecule has 0 aromatic carbocycles. The zero-order chi connectivity index (χ0) is 20.1. The molecular weight excluding hydrogens is 352 g/mol. The quantitative estimate of drug-likeness (QED) is 0.131. The number of aliphatic hydroxyl groups is 5. The van der Waals surface area contributed by atoms with Crippen LogP contribution in [-0.4, -0.2) is 95.4 Å². The molecule has 10 heteroatoms. The summed E-state index contributed by atoms with van der Waals surface area (Å²) in [6, 6.07) is 0. The van der Waals surface area contributed by atoms with Crippen molar-refractivity contribution in [1.29, 1.82) is 0 Å². The largest absolute Gasteiger partial charge is 0.481 e. The first kappa shape index (κ1) is 24.7. The van der Waals surface area contributed by atoms with Crippen molar-refractivity contribution in [3.05, 3.63) is 0 Å². The van der Waals surface area contributed by atoms with Gasteiger partial charge in [-0.2, -0.15) is 0 Å². The minimum absolute atomic E-state index is 0.0176. The SMILES string of the molecule is O=C(O)CCCCC(=O)OCC(CO)(CO)COCC(CO)(CO)CO. The van der Waals surface area contributed by atoms with Gasteiger partial charge in [-0.3, -0.25) is 9.59 Å². The van der Waals surface area contributed by atoms with Gasteiger partial charge in [0.25, 0.3) is 0 Å². The Morgan fingerprint density at radius 1 is 0.692 bits per heavy atom. The fraction of sp³-hybridized carbons (Fsp3) is 0.875. The summed E-state index contributed by atoms with van der Waals surface area (Å²) in [6.07, 6.45) is 0.660. The molecule has 6 N–H and O–H groups in total. The number of carbonyl (C=O) groups excluding carboxylic acids is 1. The van der Waals surface area contributed by atoms with E-state index in [4.69, 9.17) is 14.6 Å². The molecule has 154 valence electrons. The molecule has 0 aliphatic rings. The standard InChI is InChI=1S/C16H30O10/c17-5-15(6-18,7-19)10-25-11-16(8-20,9-21)12-26-14(24)4-2-1-3-13(22)23/h17-21H,1-12H2,(H,22,23). The molecule has 0 unspecified atom stereocenters. The lowest BCUT2D eigenvalue weighted by molar-refractivity contribution is -0.155. The Morgan fingerprint density at radius 2 is 1.15 bits per heavy atom. The van der Waals surface area contributed by atoms with Crippen molar-refractivity contribution in [3.63, 3.8) is 0 Å². The number of carbonyl (C=O) groups is 2. The molecule has 0 rings (SSSR count). The highest BCUT2D eigenvalue weighted by Gasteiger charge is 2.34. The second-order valence-corrected chi connectivity index (χ2v) is 6.54. The van der Waals surface area contributed by atoms with Gasteiger partial charge in [0.2, 0.25) is 0 Å². The summed E-state index contributed by atoms with van der Waals surface area (Å²) >= 11 is 0. The van der Waals surface area contributed by atoms with E-state index in [1.54, 1.807) is 0 Å². The van der Waals surface area contributed by atoms with Gasteiger partial charge in [-0.15, -0.1) is 0 Å². The van der Waals surface area contributed by atoms with E-state index in [9.17, 15) is 35.1 Å². The summed E-state index contributed by atoms with van der Waals surface area (Å²) in [5.41, 5.74) is -2.53. The number of aliphatic hydroxyl groups excluding tert-OH is 5. The van der Waals surface area contributed by atoms with E-state index in [2.05, 4.69) is 0 Å². The van der Waals surface area contributed by atoms with E-state index >= 15 is 0 Å². The van der Waals surface area contributed by atoms with Crippen molar-refractivity contribution >= 4 is 11.9 Å². The first-order chi connectivity index (χ1) is 12.3. The van der Waals surface area contributed by atoms with Crippen LogP contribution in [0.3, 0.4) is 0 Å². The zero-order valence-corrected chi connectivity index (χ0v) is 14.8. The molecule has 0 atom stereocenters. The van der Waals surface area contributed by atoms with Crippen LogP contribution in [0.2, 0.25) is 0 Å². The molecule has 0 aliphatic heterocycles. The molecule has 0 aromatic heterocycles. The summed E-state index contributed by atoms with van der Waals surface area (Å²) in [5, 5.41) is 55.2. The van der Waals surface area contributed by atoms with Gasteiger partial charge in [0.05, 0.1) is 57.1 Å². The van der Waals surface area contributed by atoms with Crippen LogP contribution in [0.5, 0.6) is 0 Å². The summed E-state index contributed by atoms with van der Waals surface area (Å²) < 4.78 is 10.3. The third-order valence-electron chi connectivity index (χ3n) is 4.05. The highest BCUT2D eigenvalue weighted by molar-refractivity contribution is 5.69. The number of aliphatic carboxylic acids is 1. The maximum absolute atomic E-state index is 11.7. The van der Waals surface area contributed by atoms with Crippen LogP contribution < -0.4 is 0 Å². The first-order valence-corrected chi connectivity index (χ1v) is 8.32. The molecule has 0 fully saturated rings. The van der Waals surface area contributed by atoms with Gasteiger partial charge in [-0.1, -0.05) is 0 Å². The summed E-state index contributed by atoms with van der Waals surface area (Å²) in [7, 11) is 0. The van der Waals surface area contributed by atoms with Crippen LogP contribution in [0.1, 0.15) is 25.7 Å². The predicted molar refractivity (Wildman–Crippen MR) is 88.2 cm³/mol. The Bertz CT molecular complexity index is 396. The molecule has 0 radical (unpaired) electrons. The van der Waals surface area contributed by atoms with E-state index in [0.29, 0.717) is 12.8 Å². The Balaban J connectivity index is 4.42. The average Bonchev–Trinajstić information content (AvgIpc) is 2.65. The number of carboxylic acids is 1. The van der Waals surface area contributed by atoms with Crippen LogP contribution >= 0.6 is 0 Å². The van der Waals surface area contributed by atoms with E-state index in [-0.39, 0.29) is 32.7 Å². The second kappa shape index (κ2) is 13.0. The Labute approximate surface area is 152 Å². The number of hydrogen-bond acceptors (Lipinski definition) is 9. The van der Waals surface area contributed by atoms with Crippen molar-refractivity contribution in [2.24, 2.45) is 10.8 Å². The molecule has 0 heterocycles. The monoisotopic (exact) mass is 382 g/mol. The number of rotatable bonds is 16. The highest BCUT2D eigenvalue weighted by Crippen LogP contribution is 2.21. The van der Waals surface area contributed by atoms with Gasteiger partial charge < -0.3 is 40.1 Å². The van der Waals surface area contributed by atoms with Gasteiger partial charge in [-0.25, -0.2) is 0 Å². The number of ether oxygens (including phenoxy) is 2. The van der Waals surface area contributed by atoms with Crippen molar-refractivity contribution < 1.29 is 49.7 Å². The van der Waals surface area contributed by atoms with E-state index < -0.39 is 55.8 Å². The summed E-state index contributed by atoms with van der Waals surface area (Å²) in [6.45, 7) is -3.40. The fourth-order valence-electron chi connectivity index (χ4n) is 1.90. The third-order valence-corrected chi connectivity index (χ3v) is 4.05. The Hall–Kier alpha value is -1.30. The first-order valence-electron chi connectivity index (χ1n) is 8.32. The summed E-state index contributed by atoms with van der Waals surface area (Å²) in [4.78, 5) is 22.0. The third kappa shape index (κ3) is 8.88. The maximum atomic E-state index is 11.7. The topological polar surface area (TPSA) is 174 Å². The normalized spacial score (nSPS) is 12.2. The van der Waals surface area contributed by atoms with E-state index in [1.807, 2.05) is 0 Å². The lowest BCUT2D eigenvalue weighted by atomic mass is 9.90. The highest BCUT2D eigenvalue weighted by atomic mass is 16.5. The van der Waals surface area contributed by atoms with E-state index in [0.717, 1.165) is 0 Å². The van der Waals surface area contributed by atoms with Crippen molar-refractivity contribution in [2.75, 3.05) is 52.9 Å². The molecule has 0 saturated heterocycles. The molecule has 0 spiro atoms. The molecule has 0 aromatic rings. The van der Waals surface area contributed by atoms with Crippen LogP contribution in [0, 0.1) is 10.8 Å². The van der Waals surface area contributed by atoms with Gasteiger partial charge in [-0.05, 0) is 12.8 Å². The molecule has 10 nitrogen and oxygen atoms in total. The second-order valence-electron chi connectivity index (χ2n) is 6.54. The average molecular weight is 382 g/mol. The van der Waals surface area contributed by atoms with Crippen LogP contribution in [-0.2, 0) is 19.1 Å². The predicted octanol–water partition coefficient (Wildman–Crippen LogP) is -1.87. The molecule has 0 aliphatic carbocycles.